The molecule has 1 aliphatic carbocycles. The van der Waals surface area contributed by atoms with Gasteiger partial charge in [-0.3, -0.25) is 10.8 Å². The van der Waals surface area contributed by atoms with Crippen molar-refractivity contribution in [2.24, 2.45) is 5.84 Å². The first kappa shape index (κ1) is 11.8. The summed E-state index contributed by atoms with van der Waals surface area (Å²) in [6.07, 6.45) is 5.01. The van der Waals surface area contributed by atoms with Gasteiger partial charge in [0.15, 0.2) is 0 Å². The van der Waals surface area contributed by atoms with E-state index >= 15 is 0 Å². The lowest BCUT2D eigenvalue weighted by Crippen LogP contribution is -2.09. The zero-order valence-corrected chi connectivity index (χ0v) is 10.9. The highest BCUT2D eigenvalue weighted by molar-refractivity contribution is 6.35. The Labute approximate surface area is 111 Å². The van der Waals surface area contributed by atoms with Gasteiger partial charge in [-0.05, 0) is 25.0 Å². The maximum atomic E-state index is 6.23. The molecule has 0 bridgehead atoms. The van der Waals surface area contributed by atoms with Crippen molar-refractivity contribution in [3.63, 3.8) is 0 Å². The normalized spacial score (nSPS) is 16.3. The quantitative estimate of drug-likeness (QED) is 0.638. The Balaban J connectivity index is 2.19. The number of aromatic nitrogens is 1. The second kappa shape index (κ2) is 4.75. The maximum Gasteiger partial charge on any atom is 0.0912 e. The summed E-state index contributed by atoms with van der Waals surface area (Å²) in [5.41, 5.74) is 5.63. The van der Waals surface area contributed by atoms with Gasteiger partial charge >= 0.3 is 0 Å². The monoisotopic (exact) mass is 261 g/mol. The molecule has 0 atom stereocenters. The van der Waals surface area contributed by atoms with Crippen molar-refractivity contribution < 1.29 is 0 Å². The number of rotatable bonds is 2. The van der Waals surface area contributed by atoms with Gasteiger partial charge in [0.25, 0.3) is 0 Å². The van der Waals surface area contributed by atoms with Gasteiger partial charge in [-0.15, -0.1) is 0 Å². The molecule has 1 fully saturated rings. The van der Waals surface area contributed by atoms with Crippen LogP contribution in [0.25, 0.3) is 10.9 Å². The van der Waals surface area contributed by atoms with Gasteiger partial charge < -0.3 is 5.43 Å². The number of anilines is 1. The predicted molar refractivity (Wildman–Crippen MR) is 75.8 cm³/mol. The minimum Gasteiger partial charge on any atom is -0.323 e. The first-order valence-electron chi connectivity index (χ1n) is 6.35. The van der Waals surface area contributed by atoms with Crippen molar-refractivity contribution in [1.82, 2.24) is 4.98 Å². The molecule has 1 heterocycles. The molecular formula is C14H16ClN3. The lowest BCUT2D eigenvalue weighted by Gasteiger charge is -2.13. The summed E-state index contributed by atoms with van der Waals surface area (Å²) in [4.78, 5) is 4.74. The Morgan fingerprint density at radius 3 is 2.78 bits per heavy atom. The van der Waals surface area contributed by atoms with Gasteiger partial charge in [0.2, 0.25) is 0 Å². The van der Waals surface area contributed by atoms with Gasteiger partial charge in [-0.1, -0.05) is 36.6 Å². The van der Waals surface area contributed by atoms with Crippen LogP contribution in [0.3, 0.4) is 0 Å². The van der Waals surface area contributed by atoms with Crippen molar-refractivity contribution in [3.8, 4) is 0 Å². The fourth-order valence-corrected chi connectivity index (χ4v) is 3.00. The number of benzene rings is 1. The van der Waals surface area contributed by atoms with E-state index in [1.54, 1.807) is 0 Å². The van der Waals surface area contributed by atoms with Crippen LogP contribution in [0, 0.1) is 0 Å². The summed E-state index contributed by atoms with van der Waals surface area (Å²) in [7, 11) is 0. The summed E-state index contributed by atoms with van der Waals surface area (Å²) >= 11 is 6.23. The second-order valence-corrected chi connectivity index (χ2v) is 5.26. The highest BCUT2D eigenvalue weighted by Gasteiger charge is 2.20. The van der Waals surface area contributed by atoms with Crippen LogP contribution in [-0.2, 0) is 0 Å². The molecule has 2 aromatic rings. The van der Waals surface area contributed by atoms with E-state index in [1.165, 1.54) is 25.7 Å². The zero-order chi connectivity index (χ0) is 12.5. The maximum absolute atomic E-state index is 6.23. The molecule has 1 saturated carbocycles. The third-order valence-corrected chi connectivity index (χ3v) is 4.04. The van der Waals surface area contributed by atoms with Gasteiger partial charge in [-0.25, -0.2) is 0 Å². The van der Waals surface area contributed by atoms with Crippen LogP contribution in [0.2, 0.25) is 5.02 Å². The van der Waals surface area contributed by atoms with Crippen LogP contribution < -0.4 is 11.3 Å². The van der Waals surface area contributed by atoms with E-state index in [1.807, 2.05) is 18.2 Å². The number of hydrazine groups is 1. The number of para-hydroxylation sites is 1. The molecule has 4 heteroatoms. The molecule has 18 heavy (non-hydrogen) atoms. The molecule has 0 radical (unpaired) electrons. The number of halogens is 1. The fourth-order valence-electron chi connectivity index (χ4n) is 2.78. The minimum absolute atomic E-state index is 0.553. The number of hydrogen-bond donors (Lipinski definition) is 2. The summed E-state index contributed by atoms with van der Waals surface area (Å²) in [5.74, 6) is 6.17. The van der Waals surface area contributed by atoms with E-state index in [4.69, 9.17) is 22.4 Å². The second-order valence-electron chi connectivity index (χ2n) is 4.86. The van der Waals surface area contributed by atoms with Gasteiger partial charge in [0.1, 0.15) is 0 Å². The molecule has 0 spiro atoms. The topological polar surface area (TPSA) is 50.9 Å². The van der Waals surface area contributed by atoms with Gasteiger partial charge in [0, 0.05) is 17.0 Å². The molecule has 1 aromatic carbocycles. The molecule has 0 saturated heterocycles. The standard InChI is InChI=1S/C14H16ClN3/c15-11-7-3-6-10-13(18-16)8-12(17-14(10)11)9-4-1-2-5-9/h3,6-9H,1-2,4-5,16H2,(H,17,18). The molecule has 0 unspecified atom stereocenters. The third kappa shape index (κ3) is 1.93. The smallest absolute Gasteiger partial charge is 0.0912 e. The molecule has 94 valence electrons. The van der Waals surface area contributed by atoms with Crippen molar-refractivity contribution in [2.45, 2.75) is 31.6 Å². The lowest BCUT2D eigenvalue weighted by atomic mass is 10.0. The van der Waals surface area contributed by atoms with Gasteiger partial charge in [-0.2, -0.15) is 0 Å². The lowest BCUT2D eigenvalue weighted by molar-refractivity contribution is 0.701. The molecule has 1 aromatic heterocycles. The number of nitrogens with zero attached hydrogens (tertiary/aromatic N) is 1. The molecule has 3 N–H and O–H groups in total. The third-order valence-electron chi connectivity index (χ3n) is 3.74. The fraction of sp³-hybridized carbons (Fsp3) is 0.357. The van der Waals surface area contributed by atoms with Crippen LogP contribution in [0.15, 0.2) is 24.3 Å². The van der Waals surface area contributed by atoms with E-state index in [2.05, 4.69) is 11.5 Å². The predicted octanol–water partition coefficient (Wildman–Crippen LogP) is 3.83. The average Bonchev–Trinajstić information content (AvgIpc) is 2.92. The van der Waals surface area contributed by atoms with Crippen LogP contribution in [0.4, 0.5) is 5.69 Å². The first-order chi connectivity index (χ1) is 8.79. The van der Waals surface area contributed by atoms with Gasteiger partial charge in [0.05, 0.1) is 16.2 Å². The SMILES string of the molecule is NNc1cc(C2CCCC2)nc2c(Cl)cccc12. The molecule has 1 aliphatic rings. The van der Waals surface area contributed by atoms with Crippen molar-refractivity contribution in [3.05, 3.63) is 35.0 Å². The minimum atomic E-state index is 0.553. The van der Waals surface area contributed by atoms with Crippen LogP contribution in [0.1, 0.15) is 37.3 Å². The van der Waals surface area contributed by atoms with Crippen LogP contribution in [-0.4, -0.2) is 4.98 Å². The Hall–Kier alpha value is -1.32. The number of nitrogens with two attached hydrogens (primary N) is 1. The molecule has 3 nitrogen and oxygen atoms in total. The Morgan fingerprint density at radius 2 is 2.06 bits per heavy atom. The molecule has 0 aliphatic heterocycles. The number of fused-ring (bicyclic) bond motifs is 1. The van der Waals surface area contributed by atoms with Crippen molar-refractivity contribution in [2.75, 3.05) is 5.43 Å². The van der Waals surface area contributed by atoms with Crippen LogP contribution >= 0.6 is 11.6 Å². The zero-order valence-electron chi connectivity index (χ0n) is 10.1. The highest BCUT2D eigenvalue weighted by atomic mass is 35.5. The van der Waals surface area contributed by atoms with Crippen molar-refractivity contribution in [1.29, 1.82) is 0 Å². The van der Waals surface area contributed by atoms with E-state index in [0.29, 0.717) is 10.9 Å². The number of nitrogen functional groups attached to an aromatic ring is 1. The number of hydrogen-bond acceptors (Lipinski definition) is 3. The summed E-state index contributed by atoms with van der Waals surface area (Å²) in [5, 5.41) is 1.66. The number of nitrogens with one attached hydrogen (secondary N) is 1. The van der Waals surface area contributed by atoms with Crippen molar-refractivity contribution >= 4 is 28.2 Å². The average molecular weight is 262 g/mol. The molecule has 0 amide bonds. The summed E-state index contributed by atoms with van der Waals surface area (Å²) in [6, 6.07) is 7.84. The van der Waals surface area contributed by atoms with E-state index < -0.39 is 0 Å². The largest absolute Gasteiger partial charge is 0.323 e. The van der Waals surface area contributed by atoms with Crippen LogP contribution in [0.5, 0.6) is 0 Å². The molecule has 3 rings (SSSR count). The van der Waals surface area contributed by atoms with E-state index in [-0.39, 0.29) is 0 Å². The Kier molecular flexibility index (Phi) is 3.10. The summed E-state index contributed by atoms with van der Waals surface area (Å²) < 4.78 is 0. The number of pyridine rings is 1. The Morgan fingerprint density at radius 1 is 1.28 bits per heavy atom. The Bertz CT molecular complexity index is 577. The van der Waals surface area contributed by atoms with E-state index in [0.717, 1.165) is 22.3 Å². The summed E-state index contributed by atoms with van der Waals surface area (Å²) in [6.45, 7) is 0. The first-order valence-corrected chi connectivity index (χ1v) is 6.73. The molecular weight excluding hydrogens is 246 g/mol. The van der Waals surface area contributed by atoms with E-state index in [9.17, 15) is 0 Å². The highest BCUT2D eigenvalue weighted by Crippen LogP contribution is 2.36.